The Balaban J connectivity index is 1.71. The molecular formula is C24H31N3O3. The van der Waals surface area contributed by atoms with Crippen molar-refractivity contribution in [2.75, 3.05) is 25.0 Å². The van der Waals surface area contributed by atoms with Crippen LogP contribution in [0.1, 0.15) is 37.5 Å². The number of ether oxygens (including phenoxy) is 1. The van der Waals surface area contributed by atoms with Crippen molar-refractivity contribution in [3.05, 3.63) is 65.2 Å². The Kier molecular flexibility index (Phi) is 6.34. The highest BCUT2D eigenvalue weighted by Crippen LogP contribution is 2.25. The number of para-hydroxylation sites is 1. The average molecular weight is 410 g/mol. The molecule has 1 fully saturated rings. The molecule has 6 nitrogen and oxygen atoms in total. The molecule has 2 aromatic rings. The molecule has 0 aliphatic carbocycles. The lowest BCUT2D eigenvalue weighted by Crippen LogP contribution is -2.35. The van der Waals surface area contributed by atoms with Crippen molar-refractivity contribution in [2.24, 2.45) is 0 Å². The number of nitrogens with zero attached hydrogens (tertiary/aromatic N) is 3. The van der Waals surface area contributed by atoms with Crippen molar-refractivity contribution < 1.29 is 14.3 Å². The van der Waals surface area contributed by atoms with E-state index in [0.717, 1.165) is 16.8 Å². The molecule has 0 radical (unpaired) electrons. The van der Waals surface area contributed by atoms with E-state index in [2.05, 4.69) is 19.1 Å². The molecule has 0 bridgehead atoms. The zero-order valence-electron chi connectivity index (χ0n) is 18.5. The number of urea groups is 1. The number of carbonyl (C=O) groups is 2. The Morgan fingerprint density at radius 1 is 0.967 bits per heavy atom. The summed E-state index contributed by atoms with van der Waals surface area (Å²) in [5, 5.41) is 0. The molecule has 0 saturated carbocycles. The predicted molar refractivity (Wildman–Crippen MR) is 118 cm³/mol. The summed E-state index contributed by atoms with van der Waals surface area (Å²) in [6.45, 7) is 10.0. The van der Waals surface area contributed by atoms with E-state index < -0.39 is 11.7 Å². The van der Waals surface area contributed by atoms with Gasteiger partial charge in [-0.2, -0.15) is 0 Å². The summed E-state index contributed by atoms with van der Waals surface area (Å²) in [6.07, 6.45) is -0.413. The summed E-state index contributed by atoms with van der Waals surface area (Å²) in [7, 11) is 1.70. The van der Waals surface area contributed by atoms with Gasteiger partial charge in [-0.25, -0.2) is 9.59 Å². The molecule has 160 valence electrons. The lowest BCUT2D eigenvalue weighted by atomic mass is 10.1. The molecule has 1 aliphatic heterocycles. The molecule has 0 spiro atoms. The first-order valence-electron chi connectivity index (χ1n) is 10.3. The molecular weight excluding hydrogens is 378 g/mol. The Labute approximate surface area is 179 Å². The van der Waals surface area contributed by atoms with Crippen molar-refractivity contribution >= 4 is 17.8 Å². The average Bonchev–Trinajstić information content (AvgIpc) is 3.02. The van der Waals surface area contributed by atoms with Gasteiger partial charge in [-0.3, -0.25) is 4.90 Å². The van der Waals surface area contributed by atoms with E-state index in [4.69, 9.17) is 4.74 Å². The number of benzene rings is 2. The highest BCUT2D eigenvalue weighted by molar-refractivity contribution is 5.88. The van der Waals surface area contributed by atoms with Crippen LogP contribution in [0.5, 0.6) is 0 Å². The fourth-order valence-corrected chi connectivity index (χ4v) is 3.53. The predicted octanol–water partition coefficient (Wildman–Crippen LogP) is 4.80. The van der Waals surface area contributed by atoms with Crippen LogP contribution in [-0.2, 0) is 17.8 Å². The lowest BCUT2D eigenvalue weighted by molar-refractivity contribution is 0.0589. The molecule has 30 heavy (non-hydrogen) atoms. The molecule has 0 atom stereocenters. The van der Waals surface area contributed by atoms with Gasteiger partial charge < -0.3 is 14.5 Å². The van der Waals surface area contributed by atoms with Crippen molar-refractivity contribution in [1.82, 2.24) is 9.80 Å². The molecule has 3 rings (SSSR count). The topological polar surface area (TPSA) is 53.1 Å². The monoisotopic (exact) mass is 409 g/mol. The summed E-state index contributed by atoms with van der Waals surface area (Å²) in [6, 6.07) is 15.8. The van der Waals surface area contributed by atoms with Gasteiger partial charge in [0.2, 0.25) is 0 Å². The highest BCUT2D eigenvalue weighted by Gasteiger charge is 2.30. The SMILES string of the molecule is Cc1ccccc1CN1CCN(Cc2ccccc2N(C)C(=O)OC(C)(C)C)C1=O. The van der Waals surface area contributed by atoms with E-state index in [9.17, 15) is 9.59 Å². The second kappa shape index (κ2) is 8.78. The van der Waals surface area contributed by atoms with Gasteiger partial charge >= 0.3 is 12.1 Å². The number of anilines is 1. The summed E-state index contributed by atoms with van der Waals surface area (Å²) >= 11 is 0. The normalized spacial score (nSPS) is 14.2. The molecule has 1 aliphatic rings. The minimum Gasteiger partial charge on any atom is -0.443 e. The van der Waals surface area contributed by atoms with E-state index in [1.54, 1.807) is 7.05 Å². The molecule has 0 aromatic heterocycles. The van der Waals surface area contributed by atoms with Crippen LogP contribution in [0, 0.1) is 6.92 Å². The number of amides is 3. The molecule has 3 amide bonds. The van der Waals surface area contributed by atoms with E-state index in [0.29, 0.717) is 26.2 Å². The van der Waals surface area contributed by atoms with Crippen molar-refractivity contribution in [2.45, 2.75) is 46.4 Å². The first-order chi connectivity index (χ1) is 14.2. The van der Waals surface area contributed by atoms with Gasteiger partial charge in [0.1, 0.15) is 5.60 Å². The van der Waals surface area contributed by atoms with Crippen LogP contribution < -0.4 is 4.90 Å². The largest absolute Gasteiger partial charge is 0.443 e. The second-order valence-electron chi connectivity index (χ2n) is 8.72. The number of rotatable bonds is 5. The van der Waals surface area contributed by atoms with Gasteiger partial charge in [0.05, 0.1) is 5.69 Å². The summed E-state index contributed by atoms with van der Waals surface area (Å²) in [5.41, 5.74) is 3.45. The molecule has 6 heteroatoms. The molecule has 1 saturated heterocycles. The van der Waals surface area contributed by atoms with E-state index in [1.807, 2.05) is 67.0 Å². The van der Waals surface area contributed by atoms with E-state index in [-0.39, 0.29) is 6.03 Å². The van der Waals surface area contributed by atoms with Crippen molar-refractivity contribution in [3.63, 3.8) is 0 Å². The van der Waals surface area contributed by atoms with Crippen LogP contribution in [0.3, 0.4) is 0 Å². The van der Waals surface area contributed by atoms with Gasteiger partial charge in [-0.05, 0) is 50.5 Å². The maximum atomic E-state index is 13.0. The maximum Gasteiger partial charge on any atom is 0.414 e. The molecule has 1 heterocycles. The van der Waals surface area contributed by atoms with Crippen LogP contribution in [0.15, 0.2) is 48.5 Å². The Morgan fingerprint density at radius 3 is 2.10 bits per heavy atom. The number of hydrogen-bond donors (Lipinski definition) is 0. The first kappa shape index (κ1) is 21.7. The summed E-state index contributed by atoms with van der Waals surface area (Å²) in [4.78, 5) is 30.7. The number of carbonyl (C=O) groups excluding carboxylic acids is 2. The standard InChI is InChI=1S/C24H31N3O3/c1-18-10-6-7-11-19(18)16-26-14-15-27(22(26)28)17-20-12-8-9-13-21(20)25(5)23(29)30-24(2,3)4/h6-13H,14-17H2,1-5H3. The fourth-order valence-electron chi connectivity index (χ4n) is 3.53. The zero-order valence-corrected chi connectivity index (χ0v) is 18.5. The van der Waals surface area contributed by atoms with E-state index >= 15 is 0 Å². The first-order valence-corrected chi connectivity index (χ1v) is 10.3. The Morgan fingerprint density at radius 2 is 1.50 bits per heavy atom. The van der Waals surface area contributed by atoms with Gasteiger partial charge in [-0.15, -0.1) is 0 Å². The lowest BCUT2D eigenvalue weighted by Gasteiger charge is -2.27. The van der Waals surface area contributed by atoms with Crippen molar-refractivity contribution in [3.8, 4) is 0 Å². The number of aryl methyl sites for hydroxylation is 1. The third kappa shape index (κ3) is 5.12. The van der Waals surface area contributed by atoms with Crippen LogP contribution >= 0.6 is 0 Å². The third-order valence-electron chi connectivity index (χ3n) is 5.18. The van der Waals surface area contributed by atoms with Gasteiger partial charge in [0.25, 0.3) is 0 Å². The maximum absolute atomic E-state index is 13.0. The Hall–Kier alpha value is -3.02. The van der Waals surface area contributed by atoms with Gasteiger partial charge in [0, 0.05) is 33.2 Å². The molecule has 2 aromatic carbocycles. The van der Waals surface area contributed by atoms with E-state index in [1.165, 1.54) is 10.5 Å². The zero-order chi connectivity index (χ0) is 21.9. The quantitative estimate of drug-likeness (QED) is 0.712. The minimum absolute atomic E-state index is 0.0213. The summed E-state index contributed by atoms with van der Waals surface area (Å²) < 4.78 is 5.49. The van der Waals surface area contributed by atoms with Gasteiger partial charge in [-0.1, -0.05) is 42.5 Å². The Bertz CT molecular complexity index is 920. The molecule has 0 unspecified atom stereocenters. The van der Waals surface area contributed by atoms with Crippen molar-refractivity contribution in [1.29, 1.82) is 0 Å². The fraction of sp³-hybridized carbons (Fsp3) is 0.417. The van der Waals surface area contributed by atoms with Crippen LogP contribution in [0.4, 0.5) is 15.3 Å². The highest BCUT2D eigenvalue weighted by atomic mass is 16.6. The van der Waals surface area contributed by atoms with Crippen LogP contribution in [-0.4, -0.2) is 47.7 Å². The van der Waals surface area contributed by atoms with Gasteiger partial charge in [0.15, 0.2) is 0 Å². The second-order valence-corrected chi connectivity index (χ2v) is 8.72. The minimum atomic E-state index is -0.568. The van der Waals surface area contributed by atoms with Crippen LogP contribution in [0.25, 0.3) is 0 Å². The summed E-state index contributed by atoms with van der Waals surface area (Å²) in [5.74, 6) is 0. The number of hydrogen-bond acceptors (Lipinski definition) is 3. The smallest absolute Gasteiger partial charge is 0.414 e. The van der Waals surface area contributed by atoms with Crippen LogP contribution in [0.2, 0.25) is 0 Å². The third-order valence-corrected chi connectivity index (χ3v) is 5.18. The molecule has 0 N–H and O–H groups in total.